The molecule has 2 heterocycles. The fourth-order valence-corrected chi connectivity index (χ4v) is 5.33. The topological polar surface area (TPSA) is 61.6 Å². The van der Waals surface area contributed by atoms with E-state index in [4.69, 9.17) is 19.1 Å². The van der Waals surface area contributed by atoms with E-state index in [2.05, 4.69) is 69.2 Å². The van der Waals surface area contributed by atoms with Crippen molar-refractivity contribution in [2.24, 2.45) is 15.7 Å². The molecule has 2 unspecified atom stereocenters. The summed E-state index contributed by atoms with van der Waals surface area (Å²) in [6.07, 6.45) is 5.73. The van der Waals surface area contributed by atoms with Crippen LogP contribution in [0.15, 0.2) is 58.4 Å². The molecule has 2 aromatic rings. The Morgan fingerprint density at radius 2 is 1.06 bits per heavy atom. The number of hydrogen-bond donors (Lipinski definition) is 0. The summed E-state index contributed by atoms with van der Waals surface area (Å²) < 4.78 is 13.1. The summed E-state index contributed by atoms with van der Waals surface area (Å²) >= 11 is 0. The first-order chi connectivity index (χ1) is 16.8. The van der Waals surface area contributed by atoms with Gasteiger partial charge in [0.2, 0.25) is 0 Å². The number of aryl methyl sites for hydroxylation is 6. The average Bonchev–Trinajstić information content (AvgIpc) is 3.35. The lowest BCUT2D eigenvalue weighted by atomic mass is 9.80. The Labute approximate surface area is 213 Å². The molecule has 2 atom stereocenters. The first kappa shape index (κ1) is 24.2. The Bertz CT molecular complexity index is 1350. The smallest absolute Gasteiger partial charge is 0.381 e. The number of ether oxygens (including phenoxy) is 2. The third-order valence-electron chi connectivity index (χ3n) is 6.99. The van der Waals surface area contributed by atoms with Crippen molar-refractivity contribution in [2.45, 2.75) is 73.9 Å². The maximum Gasteiger partial charge on any atom is 0.381 e. The maximum absolute atomic E-state index is 6.58. The van der Waals surface area contributed by atoms with Crippen molar-refractivity contribution in [2.75, 3.05) is 0 Å². The van der Waals surface area contributed by atoms with Crippen LogP contribution in [-0.4, -0.2) is 23.4 Å². The van der Waals surface area contributed by atoms with Crippen LogP contribution < -0.4 is 0 Å². The van der Waals surface area contributed by atoms with Crippen LogP contribution in [0.4, 0.5) is 0 Å². The zero-order chi connectivity index (χ0) is 26.0. The van der Waals surface area contributed by atoms with Crippen LogP contribution in [0.3, 0.4) is 0 Å². The lowest BCUT2D eigenvalue weighted by molar-refractivity contribution is -0.300. The molecule has 0 N–H and O–H groups in total. The molecule has 0 fully saturated rings. The maximum atomic E-state index is 6.58. The van der Waals surface area contributed by atoms with Crippen LogP contribution in [-0.2, 0) is 19.1 Å². The largest absolute Gasteiger partial charge is 0.420 e. The summed E-state index contributed by atoms with van der Waals surface area (Å²) in [5, 5.41) is 8.81. The fourth-order valence-electron chi connectivity index (χ4n) is 5.33. The number of oxime groups is 2. The van der Waals surface area contributed by atoms with Crippen molar-refractivity contribution >= 4 is 11.8 Å². The lowest BCUT2D eigenvalue weighted by Crippen LogP contribution is -2.56. The van der Waals surface area contributed by atoms with E-state index in [1.807, 2.05) is 45.9 Å². The van der Waals surface area contributed by atoms with Gasteiger partial charge in [-0.1, -0.05) is 62.2 Å². The molecule has 2 aromatic carbocycles. The molecule has 0 amide bonds. The summed E-state index contributed by atoms with van der Waals surface area (Å²) in [4.78, 5) is 12.2. The SMILES string of the molecule is Cc1cc(C)c(C2=NOC3(C=CC(C(C)(C)C)=CC34ON=C(c3c(C)cc(C)cc3C)O4)O2)c(C)c1. The molecule has 0 bridgehead atoms. The molecule has 6 heteroatoms. The van der Waals surface area contributed by atoms with Crippen LogP contribution in [0.1, 0.15) is 65.3 Å². The summed E-state index contributed by atoms with van der Waals surface area (Å²) in [6, 6.07) is 8.43. The number of nitrogens with zero attached hydrogens (tertiary/aromatic N) is 2. The molecule has 3 aliphatic rings. The highest BCUT2D eigenvalue weighted by molar-refractivity contribution is 5.99. The van der Waals surface area contributed by atoms with E-state index < -0.39 is 11.6 Å². The van der Waals surface area contributed by atoms with E-state index in [9.17, 15) is 0 Å². The summed E-state index contributed by atoms with van der Waals surface area (Å²) in [6.45, 7) is 18.7. The first-order valence-corrected chi connectivity index (χ1v) is 12.3. The van der Waals surface area contributed by atoms with Gasteiger partial charge in [0, 0.05) is 23.3 Å². The third kappa shape index (κ3) is 3.71. The molecular formula is C30H34N2O4. The quantitative estimate of drug-likeness (QED) is 0.480. The van der Waals surface area contributed by atoms with E-state index >= 15 is 0 Å². The number of allylic oxidation sites excluding steroid dienone is 2. The van der Waals surface area contributed by atoms with Crippen LogP contribution >= 0.6 is 0 Å². The molecule has 6 nitrogen and oxygen atoms in total. The van der Waals surface area contributed by atoms with Crippen molar-refractivity contribution < 1.29 is 19.1 Å². The van der Waals surface area contributed by atoms with Gasteiger partial charge in [0.05, 0.1) is 0 Å². The van der Waals surface area contributed by atoms with E-state index in [0.29, 0.717) is 11.8 Å². The monoisotopic (exact) mass is 486 g/mol. The standard InChI is InChI=1S/C30H34N2O4/c1-17-12-19(3)24(20(4)13-17)26-31-35-29(33-26)11-10-23(28(7,8)9)16-30(29)34-27(32-36-30)25-21(5)14-18(2)15-22(25)6/h10-16H,1-9H3. The van der Waals surface area contributed by atoms with Gasteiger partial charge in [0.15, 0.2) is 0 Å². The number of rotatable bonds is 2. The molecule has 2 spiro atoms. The minimum Gasteiger partial charge on any atom is -0.420 e. The van der Waals surface area contributed by atoms with Crippen molar-refractivity contribution in [3.05, 3.63) is 92.6 Å². The van der Waals surface area contributed by atoms with Gasteiger partial charge < -0.3 is 19.1 Å². The predicted octanol–water partition coefficient (Wildman–Crippen LogP) is 6.59. The van der Waals surface area contributed by atoms with Crippen LogP contribution in [0.25, 0.3) is 0 Å². The molecule has 0 saturated heterocycles. The second kappa shape index (κ2) is 7.99. The first-order valence-electron chi connectivity index (χ1n) is 12.3. The van der Waals surface area contributed by atoms with Crippen molar-refractivity contribution in [1.82, 2.24) is 0 Å². The third-order valence-corrected chi connectivity index (χ3v) is 6.99. The highest BCUT2D eigenvalue weighted by atomic mass is 16.9. The van der Waals surface area contributed by atoms with Crippen LogP contribution in [0.5, 0.6) is 0 Å². The Balaban J connectivity index is 1.57. The zero-order valence-corrected chi connectivity index (χ0v) is 22.6. The second-order valence-electron chi connectivity index (χ2n) is 11.2. The van der Waals surface area contributed by atoms with E-state index in [-0.39, 0.29) is 5.41 Å². The lowest BCUT2D eigenvalue weighted by Gasteiger charge is -2.39. The Morgan fingerprint density at radius 3 is 1.50 bits per heavy atom. The minimum absolute atomic E-state index is 0.164. The van der Waals surface area contributed by atoms with Gasteiger partial charge in [-0.25, -0.2) is 0 Å². The van der Waals surface area contributed by atoms with Crippen LogP contribution in [0.2, 0.25) is 0 Å². The molecule has 2 aliphatic heterocycles. The Hall–Kier alpha value is -3.54. The molecule has 5 rings (SSSR count). The molecule has 0 aromatic heterocycles. The van der Waals surface area contributed by atoms with Gasteiger partial charge in [-0.05, 0) is 85.1 Å². The van der Waals surface area contributed by atoms with E-state index in [0.717, 1.165) is 39.0 Å². The van der Waals surface area contributed by atoms with Crippen molar-refractivity contribution in [3.63, 3.8) is 0 Å². The number of fused-ring (bicyclic) bond motifs is 1. The van der Waals surface area contributed by atoms with Gasteiger partial charge in [-0.15, -0.1) is 0 Å². The van der Waals surface area contributed by atoms with Gasteiger partial charge in [-0.3, -0.25) is 0 Å². The molecule has 0 saturated carbocycles. The van der Waals surface area contributed by atoms with E-state index in [1.165, 1.54) is 11.1 Å². The molecule has 1 aliphatic carbocycles. The van der Waals surface area contributed by atoms with E-state index in [1.54, 1.807) is 0 Å². The van der Waals surface area contributed by atoms with Gasteiger partial charge >= 0.3 is 11.6 Å². The van der Waals surface area contributed by atoms with Gasteiger partial charge in [0.25, 0.3) is 11.8 Å². The molecule has 188 valence electrons. The molecule has 0 radical (unpaired) electrons. The number of benzene rings is 2. The normalized spacial score (nSPS) is 24.6. The van der Waals surface area contributed by atoms with Crippen molar-refractivity contribution in [1.29, 1.82) is 0 Å². The number of hydrogen-bond acceptors (Lipinski definition) is 6. The summed E-state index contributed by atoms with van der Waals surface area (Å²) in [7, 11) is 0. The average molecular weight is 487 g/mol. The Morgan fingerprint density at radius 1 is 0.639 bits per heavy atom. The highest BCUT2D eigenvalue weighted by Crippen LogP contribution is 2.48. The summed E-state index contributed by atoms with van der Waals surface area (Å²) in [5.74, 6) is -2.17. The molecule has 36 heavy (non-hydrogen) atoms. The van der Waals surface area contributed by atoms with Gasteiger partial charge in [0.1, 0.15) is 0 Å². The predicted molar refractivity (Wildman–Crippen MR) is 141 cm³/mol. The zero-order valence-electron chi connectivity index (χ0n) is 22.6. The second-order valence-corrected chi connectivity index (χ2v) is 11.2. The van der Waals surface area contributed by atoms with Gasteiger partial charge in [-0.2, -0.15) is 0 Å². The minimum atomic E-state index is -1.48. The fraction of sp³-hybridized carbons (Fsp3) is 0.400. The Kier molecular flexibility index (Phi) is 5.36. The summed E-state index contributed by atoms with van der Waals surface area (Å²) in [5.41, 5.74) is 9.25. The molecular weight excluding hydrogens is 452 g/mol. The highest BCUT2D eigenvalue weighted by Gasteiger charge is 2.67. The van der Waals surface area contributed by atoms with Crippen molar-refractivity contribution in [3.8, 4) is 0 Å². The van der Waals surface area contributed by atoms with Crippen LogP contribution in [0, 0.1) is 47.0 Å².